The molecule has 0 fully saturated rings. The van der Waals surface area contributed by atoms with E-state index in [2.05, 4.69) is 19.2 Å². The molecule has 0 aliphatic carbocycles. The van der Waals surface area contributed by atoms with Gasteiger partial charge in [0.25, 0.3) is 5.91 Å². The Morgan fingerprint density at radius 2 is 1.74 bits per heavy atom. The van der Waals surface area contributed by atoms with E-state index >= 15 is 0 Å². The molecule has 2 aromatic rings. The number of hydrogen-bond donors (Lipinski definition) is 2. The van der Waals surface area contributed by atoms with Crippen molar-refractivity contribution in [1.82, 2.24) is 5.32 Å². The minimum Gasteiger partial charge on any atom is -0.392 e. The summed E-state index contributed by atoms with van der Waals surface area (Å²) in [7, 11) is 0. The van der Waals surface area contributed by atoms with Gasteiger partial charge < -0.3 is 10.4 Å². The molecule has 0 radical (unpaired) electrons. The van der Waals surface area contributed by atoms with Crippen LogP contribution in [0.2, 0.25) is 0 Å². The quantitative estimate of drug-likeness (QED) is 0.762. The summed E-state index contributed by atoms with van der Waals surface area (Å²) in [5, 5.41) is 12.5. The van der Waals surface area contributed by atoms with Gasteiger partial charge in [-0.15, -0.1) is 11.8 Å². The van der Waals surface area contributed by atoms with Crippen molar-refractivity contribution in [2.45, 2.75) is 37.0 Å². The normalized spacial score (nSPS) is 10.8. The molecule has 2 rings (SSSR count). The lowest BCUT2D eigenvalue weighted by Gasteiger charge is -2.11. The SMILES string of the molecule is CC(C)Sc1ccccc1C(=O)NCCc1ccc(CO)cc1. The molecule has 2 aromatic carbocycles. The summed E-state index contributed by atoms with van der Waals surface area (Å²) >= 11 is 1.70. The van der Waals surface area contributed by atoms with Crippen LogP contribution in [0.15, 0.2) is 53.4 Å². The highest BCUT2D eigenvalue weighted by atomic mass is 32.2. The zero-order valence-corrected chi connectivity index (χ0v) is 14.4. The summed E-state index contributed by atoms with van der Waals surface area (Å²) in [5.74, 6) is -0.0271. The van der Waals surface area contributed by atoms with E-state index in [4.69, 9.17) is 5.11 Å². The topological polar surface area (TPSA) is 49.3 Å². The third-order valence-corrected chi connectivity index (χ3v) is 4.48. The zero-order chi connectivity index (χ0) is 16.7. The van der Waals surface area contributed by atoms with Gasteiger partial charge in [-0.2, -0.15) is 0 Å². The summed E-state index contributed by atoms with van der Waals surface area (Å²) in [4.78, 5) is 13.4. The largest absolute Gasteiger partial charge is 0.392 e. The lowest BCUT2D eigenvalue weighted by Crippen LogP contribution is -2.26. The fraction of sp³-hybridized carbons (Fsp3) is 0.316. The van der Waals surface area contributed by atoms with Crippen LogP contribution in [0.5, 0.6) is 0 Å². The summed E-state index contributed by atoms with van der Waals surface area (Å²) in [6, 6.07) is 15.5. The van der Waals surface area contributed by atoms with Crippen molar-refractivity contribution in [3.63, 3.8) is 0 Å². The first kappa shape index (κ1) is 17.6. The average molecular weight is 329 g/mol. The number of hydrogen-bond acceptors (Lipinski definition) is 3. The molecule has 0 heterocycles. The lowest BCUT2D eigenvalue weighted by molar-refractivity contribution is 0.0951. The maximum absolute atomic E-state index is 12.4. The maximum Gasteiger partial charge on any atom is 0.252 e. The molecule has 0 saturated carbocycles. The van der Waals surface area contributed by atoms with Crippen LogP contribution < -0.4 is 5.32 Å². The Labute approximate surface area is 142 Å². The standard InChI is InChI=1S/C19H23NO2S/c1-14(2)23-18-6-4-3-5-17(18)19(22)20-12-11-15-7-9-16(13-21)10-8-15/h3-10,14,21H,11-13H2,1-2H3,(H,20,22). The molecule has 1 amide bonds. The second-order valence-electron chi connectivity index (χ2n) is 5.64. The van der Waals surface area contributed by atoms with Crippen molar-refractivity contribution < 1.29 is 9.90 Å². The number of aliphatic hydroxyl groups excluding tert-OH is 1. The van der Waals surface area contributed by atoms with Gasteiger partial charge >= 0.3 is 0 Å². The fourth-order valence-corrected chi connectivity index (χ4v) is 3.19. The minimum atomic E-state index is -0.0271. The molecule has 0 unspecified atom stereocenters. The summed E-state index contributed by atoms with van der Waals surface area (Å²) < 4.78 is 0. The molecule has 0 bridgehead atoms. The number of aliphatic hydroxyl groups is 1. The molecule has 3 nitrogen and oxygen atoms in total. The third-order valence-electron chi connectivity index (χ3n) is 3.40. The summed E-state index contributed by atoms with van der Waals surface area (Å²) in [6.07, 6.45) is 0.775. The number of amides is 1. The minimum absolute atomic E-state index is 0.0271. The Kier molecular flexibility index (Phi) is 6.68. The molecule has 0 atom stereocenters. The van der Waals surface area contributed by atoms with Crippen LogP contribution in [0.1, 0.15) is 35.3 Å². The van der Waals surface area contributed by atoms with Gasteiger partial charge in [-0.1, -0.05) is 50.2 Å². The predicted octanol–water partition coefficient (Wildman–Crippen LogP) is 3.65. The molecule has 0 spiro atoms. The Bertz CT molecular complexity index is 638. The van der Waals surface area contributed by atoms with Gasteiger partial charge in [0.2, 0.25) is 0 Å². The van der Waals surface area contributed by atoms with Gasteiger partial charge in [0, 0.05) is 16.7 Å². The van der Waals surface area contributed by atoms with Crippen LogP contribution in [0.4, 0.5) is 0 Å². The number of nitrogens with one attached hydrogen (secondary N) is 1. The van der Waals surface area contributed by atoms with E-state index in [1.807, 2.05) is 48.5 Å². The average Bonchev–Trinajstić information content (AvgIpc) is 2.55. The molecule has 4 heteroatoms. The number of benzene rings is 2. The zero-order valence-electron chi connectivity index (χ0n) is 13.6. The monoisotopic (exact) mass is 329 g/mol. The van der Waals surface area contributed by atoms with Gasteiger partial charge in [-0.3, -0.25) is 4.79 Å². The molecule has 2 N–H and O–H groups in total. The number of carbonyl (C=O) groups excluding carboxylic acids is 1. The van der Waals surface area contributed by atoms with Crippen LogP contribution in [0.3, 0.4) is 0 Å². The van der Waals surface area contributed by atoms with Crippen molar-refractivity contribution in [1.29, 1.82) is 0 Å². The van der Waals surface area contributed by atoms with Crippen molar-refractivity contribution in [2.75, 3.05) is 6.54 Å². The van der Waals surface area contributed by atoms with Crippen LogP contribution in [-0.4, -0.2) is 22.8 Å². The Hall–Kier alpha value is -1.78. The molecule has 0 aromatic heterocycles. The van der Waals surface area contributed by atoms with E-state index in [1.54, 1.807) is 11.8 Å². The van der Waals surface area contributed by atoms with Crippen LogP contribution in [0.25, 0.3) is 0 Å². The van der Waals surface area contributed by atoms with Crippen LogP contribution in [0, 0.1) is 0 Å². The highest BCUT2D eigenvalue weighted by Gasteiger charge is 2.11. The first-order chi connectivity index (χ1) is 11.1. The smallest absolute Gasteiger partial charge is 0.252 e. The summed E-state index contributed by atoms with van der Waals surface area (Å²) in [6.45, 7) is 4.89. The van der Waals surface area contributed by atoms with Crippen molar-refractivity contribution in [2.24, 2.45) is 0 Å². The molecule has 23 heavy (non-hydrogen) atoms. The Morgan fingerprint density at radius 1 is 1.09 bits per heavy atom. The van der Waals surface area contributed by atoms with E-state index in [9.17, 15) is 4.79 Å². The van der Waals surface area contributed by atoms with E-state index < -0.39 is 0 Å². The van der Waals surface area contributed by atoms with Crippen LogP contribution in [-0.2, 0) is 13.0 Å². The first-order valence-electron chi connectivity index (χ1n) is 7.82. The molecule has 122 valence electrons. The highest BCUT2D eigenvalue weighted by Crippen LogP contribution is 2.26. The molecular weight excluding hydrogens is 306 g/mol. The number of rotatable bonds is 7. The third kappa shape index (κ3) is 5.41. The van der Waals surface area contributed by atoms with Gasteiger partial charge in [0.05, 0.1) is 12.2 Å². The molecular formula is C19H23NO2S. The fourth-order valence-electron chi connectivity index (χ4n) is 2.24. The number of thioether (sulfide) groups is 1. The second kappa shape index (κ2) is 8.75. The van der Waals surface area contributed by atoms with Gasteiger partial charge in [-0.25, -0.2) is 0 Å². The van der Waals surface area contributed by atoms with Gasteiger partial charge in [0.1, 0.15) is 0 Å². The van der Waals surface area contributed by atoms with Gasteiger partial charge in [-0.05, 0) is 29.7 Å². The van der Waals surface area contributed by atoms with Crippen molar-refractivity contribution in [3.8, 4) is 0 Å². The second-order valence-corrected chi connectivity index (χ2v) is 7.26. The van der Waals surface area contributed by atoms with E-state index in [-0.39, 0.29) is 12.5 Å². The van der Waals surface area contributed by atoms with E-state index in [0.29, 0.717) is 11.8 Å². The molecule has 0 saturated heterocycles. The van der Waals surface area contributed by atoms with Crippen molar-refractivity contribution in [3.05, 3.63) is 65.2 Å². The van der Waals surface area contributed by atoms with E-state index in [0.717, 1.165) is 28.0 Å². The molecule has 0 aliphatic heterocycles. The highest BCUT2D eigenvalue weighted by molar-refractivity contribution is 8.00. The van der Waals surface area contributed by atoms with E-state index in [1.165, 1.54) is 0 Å². The van der Waals surface area contributed by atoms with Gasteiger partial charge in [0.15, 0.2) is 0 Å². The Morgan fingerprint density at radius 3 is 2.39 bits per heavy atom. The summed E-state index contributed by atoms with van der Waals surface area (Å²) in [5.41, 5.74) is 2.78. The predicted molar refractivity (Wildman–Crippen MR) is 95.8 cm³/mol. The lowest BCUT2D eigenvalue weighted by atomic mass is 10.1. The first-order valence-corrected chi connectivity index (χ1v) is 8.70. The van der Waals surface area contributed by atoms with Crippen LogP contribution >= 0.6 is 11.8 Å². The Balaban J connectivity index is 1.91. The number of carbonyl (C=O) groups is 1. The van der Waals surface area contributed by atoms with Crippen molar-refractivity contribution >= 4 is 17.7 Å². The maximum atomic E-state index is 12.4. The molecule has 0 aliphatic rings.